The molecule has 1 aliphatic rings. The summed E-state index contributed by atoms with van der Waals surface area (Å²) in [7, 11) is 0. The lowest BCUT2D eigenvalue weighted by molar-refractivity contribution is 0.0698. The second-order valence-corrected chi connectivity index (χ2v) is 7.16. The number of aliphatic hydroxyl groups is 1. The van der Waals surface area contributed by atoms with Gasteiger partial charge >= 0.3 is 0 Å². The van der Waals surface area contributed by atoms with E-state index in [0.29, 0.717) is 6.54 Å². The van der Waals surface area contributed by atoms with Crippen LogP contribution in [0.3, 0.4) is 0 Å². The average Bonchev–Trinajstić information content (AvgIpc) is 3.04. The van der Waals surface area contributed by atoms with Crippen LogP contribution in [-0.4, -0.2) is 57.4 Å². The van der Waals surface area contributed by atoms with E-state index in [9.17, 15) is 5.11 Å². The van der Waals surface area contributed by atoms with E-state index in [4.69, 9.17) is 0 Å². The number of aryl methyl sites for hydroxylation is 3. The molecule has 3 rings (SSSR count). The number of aliphatic hydroxyl groups excluding tert-OH is 1. The number of piperazine rings is 1. The van der Waals surface area contributed by atoms with Gasteiger partial charge in [-0.3, -0.25) is 14.5 Å². The molecule has 0 amide bonds. The third-order valence-corrected chi connectivity index (χ3v) is 5.10. The summed E-state index contributed by atoms with van der Waals surface area (Å²) in [6, 6.07) is 6.30. The van der Waals surface area contributed by atoms with Gasteiger partial charge in [0.2, 0.25) is 0 Å². The van der Waals surface area contributed by atoms with E-state index in [2.05, 4.69) is 60.1 Å². The maximum absolute atomic E-state index is 10.6. The third kappa shape index (κ3) is 4.69. The van der Waals surface area contributed by atoms with Gasteiger partial charge in [0.05, 0.1) is 12.3 Å². The van der Waals surface area contributed by atoms with Gasteiger partial charge in [0, 0.05) is 57.6 Å². The van der Waals surface area contributed by atoms with E-state index in [-0.39, 0.29) is 0 Å². The van der Waals surface area contributed by atoms with E-state index in [1.165, 1.54) is 16.7 Å². The summed E-state index contributed by atoms with van der Waals surface area (Å²) in [5.74, 6) is 0. The molecular weight excluding hydrogens is 312 g/mol. The maximum Gasteiger partial charge on any atom is 0.0919 e. The van der Waals surface area contributed by atoms with Crippen LogP contribution in [0.15, 0.2) is 30.6 Å². The molecule has 1 fully saturated rings. The molecule has 1 aromatic heterocycles. The summed E-state index contributed by atoms with van der Waals surface area (Å²) in [6.07, 6.45) is 3.70. The lowest BCUT2D eigenvalue weighted by atomic mass is 10.0. The van der Waals surface area contributed by atoms with Crippen LogP contribution in [0.2, 0.25) is 0 Å². The largest absolute Gasteiger partial charge is 0.387 e. The van der Waals surface area contributed by atoms with Crippen molar-refractivity contribution in [2.24, 2.45) is 0 Å². The molecule has 0 radical (unpaired) electrons. The van der Waals surface area contributed by atoms with E-state index in [1.807, 2.05) is 10.9 Å². The molecule has 0 bridgehead atoms. The van der Waals surface area contributed by atoms with Crippen molar-refractivity contribution >= 4 is 0 Å². The quantitative estimate of drug-likeness (QED) is 0.875. The van der Waals surface area contributed by atoms with Crippen LogP contribution in [-0.2, 0) is 13.1 Å². The molecule has 1 aromatic carbocycles. The van der Waals surface area contributed by atoms with Gasteiger partial charge < -0.3 is 5.11 Å². The fourth-order valence-corrected chi connectivity index (χ4v) is 3.59. The molecule has 0 aliphatic carbocycles. The van der Waals surface area contributed by atoms with Crippen molar-refractivity contribution in [3.8, 4) is 0 Å². The molecule has 5 heteroatoms. The Kier molecular flexibility index (Phi) is 5.89. The highest BCUT2D eigenvalue weighted by Gasteiger charge is 2.21. The summed E-state index contributed by atoms with van der Waals surface area (Å²) < 4.78 is 1.98. The van der Waals surface area contributed by atoms with Crippen molar-refractivity contribution in [1.82, 2.24) is 19.6 Å². The Bertz CT molecular complexity index is 689. The average molecular weight is 342 g/mol. The predicted octanol–water partition coefficient (Wildman–Crippen LogP) is 2.37. The predicted molar refractivity (Wildman–Crippen MR) is 100 cm³/mol. The van der Waals surface area contributed by atoms with Crippen molar-refractivity contribution in [2.75, 3.05) is 32.7 Å². The fraction of sp³-hybridized carbons (Fsp3) is 0.550. The van der Waals surface area contributed by atoms with Crippen LogP contribution in [0.1, 0.15) is 35.3 Å². The zero-order valence-corrected chi connectivity index (χ0v) is 15.6. The number of aromatic nitrogens is 2. The van der Waals surface area contributed by atoms with E-state index < -0.39 is 6.10 Å². The number of benzene rings is 1. The summed E-state index contributed by atoms with van der Waals surface area (Å²) >= 11 is 0. The van der Waals surface area contributed by atoms with E-state index in [0.717, 1.165) is 44.8 Å². The Morgan fingerprint density at radius 1 is 1.12 bits per heavy atom. The highest BCUT2D eigenvalue weighted by Crippen LogP contribution is 2.20. The number of β-amino-alcohol motifs (C(OH)–C–C–N with tert-alkyl or cyclic N) is 1. The highest BCUT2D eigenvalue weighted by molar-refractivity contribution is 5.32. The SMILES string of the molecule is CCn1cc(CN2CCN(C[C@@H](O)c3ccc(C)cc3C)CC2)cn1. The Morgan fingerprint density at radius 2 is 1.84 bits per heavy atom. The number of hydrogen-bond donors (Lipinski definition) is 1. The van der Waals surface area contributed by atoms with Gasteiger partial charge in [-0.15, -0.1) is 0 Å². The Hall–Kier alpha value is -1.69. The van der Waals surface area contributed by atoms with Gasteiger partial charge in [0.25, 0.3) is 0 Å². The summed E-state index contributed by atoms with van der Waals surface area (Å²) in [5, 5.41) is 15.0. The molecule has 1 atom stereocenters. The molecular formula is C20H30N4O. The normalized spacial score (nSPS) is 17.8. The van der Waals surface area contributed by atoms with E-state index in [1.54, 1.807) is 0 Å². The fourth-order valence-electron chi connectivity index (χ4n) is 3.59. The highest BCUT2D eigenvalue weighted by atomic mass is 16.3. The lowest BCUT2D eigenvalue weighted by Gasteiger charge is -2.35. The van der Waals surface area contributed by atoms with Crippen LogP contribution in [0.4, 0.5) is 0 Å². The summed E-state index contributed by atoms with van der Waals surface area (Å²) in [6.45, 7) is 13.0. The second kappa shape index (κ2) is 8.13. The van der Waals surface area contributed by atoms with Crippen molar-refractivity contribution in [1.29, 1.82) is 0 Å². The van der Waals surface area contributed by atoms with Gasteiger partial charge in [-0.25, -0.2) is 0 Å². The first-order chi connectivity index (χ1) is 12.0. The maximum atomic E-state index is 10.6. The number of hydrogen-bond acceptors (Lipinski definition) is 4. The number of nitrogens with zero attached hydrogens (tertiary/aromatic N) is 4. The molecule has 136 valence electrons. The van der Waals surface area contributed by atoms with Crippen LogP contribution in [0.5, 0.6) is 0 Å². The topological polar surface area (TPSA) is 44.5 Å². The molecule has 2 heterocycles. The monoisotopic (exact) mass is 342 g/mol. The van der Waals surface area contributed by atoms with Crippen LogP contribution < -0.4 is 0 Å². The molecule has 2 aromatic rings. The van der Waals surface area contributed by atoms with Gasteiger partial charge in [-0.1, -0.05) is 23.8 Å². The van der Waals surface area contributed by atoms with Gasteiger partial charge in [0.15, 0.2) is 0 Å². The first kappa shape index (κ1) is 18.1. The van der Waals surface area contributed by atoms with Crippen molar-refractivity contribution < 1.29 is 5.11 Å². The third-order valence-electron chi connectivity index (χ3n) is 5.10. The Labute approximate surface area is 150 Å². The molecule has 1 aliphatic heterocycles. The minimum atomic E-state index is -0.407. The molecule has 0 spiro atoms. The second-order valence-electron chi connectivity index (χ2n) is 7.16. The van der Waals surface area contributed by atoms with Crippen molar-refractivity contribution in [3.63, 3.8) is 0 Å². The molecule has 25 heavy (non-hydrogen) atoms. The van der Waals surface area contributed by atoms with Crippen LogP contribution in [0, 0.1) is 13.8 Å². The molecule has 1 saturated heterocycles. The van der Waals surface area contributed by atoms with Crippen molar-refractivity contribution in [2.45, 2.75) is 40.0 Å². The zero-order chi connectivity index (χ0) is 17.8. The molecule has 5 nitrogen and oxygen atoms in total. The molecule has 1 N–H and O–H groups in total. The molecule has 0 unspecified atom stereocenters. The minimum absolute atomic E-state index is 0.407. The van der Waals surface area contributed by atoms with Gasteiger partial charge in [-0.05, 0) is 31.9 Å². The van der Waals surface area contributed by atoms with Crippen molar-refractivity contribution in [3.05, 3.63) is 52.8 Å². The van der Waals surface area contributed by atoms with Gasteiger partial charge in [-0.2, -0.15) is 5.10 Å². The van der Waals surface area contributed by atoms with Crippen LogP contribution >= 0.6 is 0 Å². The summed E-state index contributed by atoms with van der Waals surface area (Å²) in [5.41, 5.74) is 4.76. The first-order valence-corrected chi connectivity index (χ1v) is 9.26. The Balaban J connectivity index is 1.48. The van der Waals surface area contributed by atoms with Gasteiger partial charge in [0.1, 0.15) is 0 Å². The summed E-state index contributed by atoms with van der Waals surface area (Å²) in [4.78, 5) is 4.84. The molecule has 0 saturated carbocycles. The standard InChI is InChI=1S/C20H30N4O/c1-4-24-14-18(12-21-24)13-22-7-9-23(10-8-22)15-20(25)19-6-5-16(2)11-17(19)3/h5-6,11-12,14,20,25H,4,7-10,13,15H2,1-3H3/t20-/m1/s1. The minimum Gasteiger partial charge on any atom is -0.387 e. The Morgan fingerprint density at radius 3 is 2.48 bits per heavy atom. The van der Waals surface area contributed by atoms with Crippen LogP contribution in [0.25, 0.3) is 0 Å². The zero-order valence-electron chi connectivity index (χ0n) is 15.6. The lowest BCUT2D eigenvalue weighted by Crippen LogP contribution is -2.47. The number of rotatable bonds is 6. The van der Waals surface area contributed by atoms with E-state index >= 15 is 0 Å². The smallest absolute Gasteiger partial charge is 0.0919 e. The first-order valence-electron chi connectivity index (χ1n) is 9.26.